The fourth-order valence-corrected chi connectivity index (χ4v) is 3.35. The number of rotatable bonds is 4. The summed E-state index contributed by atoms with van der Waals surface area (Å²) in [6, 6.07) is 9.61. The standard InChI is InChI=1S/C16H27N3/c1-12-7-5-6-8-14(12)15(9-17)19-10-13(2)16(11-19)18(3)4/h5-8,13,15-16H,9-11,17H2,1-4H3. The maximum atomic E-state index is 6.07. The topological polar surface area (TPSA) is 32.5 Å². The third-order valence-electron chi connectivity index (χ3n) is 4.48. The summed E-state index contributed by atoms with van der Waals surface area (Å²) in [7, 11) is 4.35. The maximum absolute atomic E-state index is 6.07. The molecule has 106 valence electrons. The highest BCUT2D eigenvalue weighted by Crippen LogP contribution is 2.30. The van der Waals surface area contributed by atoms with Gasteiger partial charge in [0.1, 0.15) is 0 Å². The molecular formula is C16H27N3. The van der Waals surface area contributed by atoms with Gasteiger partial charge >= 0.3 is 0 Å². The maximum Gasteiger partial charge on any atom is 0.0473 e. The van der Waals surface area contributed by atoms with Gasteiger partial charge in [-0.05, 0) is 38.1 Å². The van der Waals surface area contributed by atoms with Gasteiger partial charge in [0.25, 0.3) is 0 Å². The van der Waals surface area contributed by atoms with Crippen molar-refractivity contribution in [3.8, 4) is 0 Å². The van der Waals surface area contributed by atoms with E-state index in [1.165, 1.54) is 11.1 Å². The molecule has 3 atom stereocenters. The smallest absolute Gasteiger partial charge is 0.0473 e. The molecular weight excluding hydrogens is 234 g/mol. The van der Waals surface area contributed by atoms with Crippen LogP contribution in [0.2, 0.25) is 0 Å². The lowest BCUT2D eigenvalue weighted by Gasteiger charge is -2.29. The highest BCUT2D eigenvalue weighted by molar-refractivity contribution is 5.29. The first-order valence-corrected chi connectivity index (χ1v) is 7.20. The number of benzene rings is 1. The van der Waals surface area contributed by atoms with Crippen molar-refractivity contribution in [1.82, 2.24) is 9.80 Å². The van der Waals surface area contributed by atoms with Crippen LogP contribution in [0.25, 0.3) is 0 Å². The summed E-state index contributed by atoms with van der Waals surface area (Å²) in [5, 5.41) is 0. The predicted molar refractivity (Wildman–Crippen MR) is 81.2 cm³/mol. The number of hydrogen-bond acceptors (Lipinski definition) is 3. The van der Waals surface area contributed by atoms with E-state index in [4.69, 9.17) is 5.73 Å². The zero-order valence-corrected chi connectivity index (χ0v) is 12.6. The number of likely N-dealkylation sites (N-methyl/N-ethyl adjacent to an activating group) is 1. The fourth-order valence-electron chi connectivity index (χ4n) is 3.35. The summed E-state index contributed by atoms with van der Waals surface area (Å²) < 4.78 is 0. The number of hydrogen-bond donors (Lipinski definition) is 1. The second kappa shape index (κ2) is 6.04. The molecule has 1 heterocycles. The molecule has 0 amide bonds. The van der Waals surface area contributed by atoms with Crippen LogP contribution in [0, 0.1) is 12.8 Å². The van der Waals surface area contributed by atoms with Gasteiger partial charge in [0.15, 0.2) is 0 Å². The van der Waals surface area contributed by atoms with E-state index in [1.54, 1.807) is 0 Å². The van der Waals surface area contributed by atoms with Crippen molar-refractivity contribution in [1.29, 1.82) is 0 Å². The van der Waals surface area contributed by atoms with Gasteiger partial charge < -0.3 is 10.6 Å². The molecule has 2 rings (SSSR count). The summed E-state index contributed by atoms with van der Waals surface area (Å²) in [5.41, 5.74) is 8.80. The van der Waals surface area contributed by atoms with Crippen LogP contribution in [0.1, 0.15) is 24.1 Å². The van der Waals surface area contributed by atoms with E-state index >= 15 is 0 Å². The first-order valence-electron chi connectivity index (χ1n) is 7.20. The summed E-state index contributed by atoms with van der Waals surface area (Å²) in [6.45, 7) is 7.47. The minimum atomic E-state index is 0.355. The third kappa shape index (κ3) is 2.99. The summed E-state index contributed by atoms with van der Waals surface area (Å²) in [4.78, 5) is 4.90. The molecule has 0 radical (unpaired) electrons. The number of nitrogens with zero attached hydrogens (tertiary/aromatic N) is 2. The molecule has 19 heavy (non-hydrogen) atoms. The SMILES string of the molecule is Cc1ccccc1C(CN)N1CC(C)C(N(C)C)C1. The van der Waals surface area contributed by atoms with E-state index in [2.05, 4.69) is 62.0 Å². The molecule has 1 fully saturated rings. The van der Waals surface area contributed by atoms with Crippen LogP contribution in [0.4, 0.5) is 0 Å². The van der Waals surface area contributed by atoms with E-state index < -0.39 is 0 Å². The highest BCUT2D eigenvalue weighted by atomic mass is 15.3. The van der Waals surface area contributed by atoms with Crippen LogP contribution in [-0.2, 0) is 0 Å². The van der Waals surface area contributed by atoms with Crippen molar-refractivity contribution in [2.45, 2.75) is 25.9 Å². The van der Waals surface area contributed by atoms with Gasteiger partial charge in [-0.1, -0.05) is 31.2 Å². The van der Waals surface area contributed by atoms with E-state index in [-0.39, 0.29) is 0 Å². The number of aryl methyl sites for hydroxylation is 1. The van der Waals surface area contributed by atoms with E-state index in [1.807, 2.05) is 0 Å². The molecule has 3 unspecified atom stereocenters. The molecule has 0 aromatic heterocycles. The molecule has 1 aromatic carbocycles. The Morgan fingerprint density at radius 3 is 2.53 bits per heavy atom. The molecule has 0 saturated carbocycles. The van der Waals surface area contributed by atoms with Crippen LogP contribution in [0.15, 0.2) is 24.3 Å². The second-order valence-electron chi connectivity index (χ2n) is 6.07. The zero-order valence-electron chi connectivity index (χ0n) is 12.6. The molecule has 0 spiro atoms. The first-order chi connectivity index (χ1) is 9.04. The van der Waals surface area contributed by atoms with Gasteiger partial charge in [-0.3, -0.25) is 4.90 Å². The van der Waals surface area contributed by atoms with Crippen LogP contribution >= 0.6 is 0 Å². The molecule has 1 aliphatic heterocycles. The predicted octanol–water partition coefficient (Wildman–Crippen LogP) is 1.88. The van der Waals surface area contributed by atoms with Crippen LogP contribution in [0.3, 0.4) is 0 Å². The third-order valence-corrected chi connectivity index (χ3v) is 4.48. The average molecular weight is 261 g/mol. The monoisotopic (exact) mass is 261 g/mol. The Bertz CT molecular complexity index is 416. The van der Waals surface area contributed by atoms with Crippen molar-refractivity contribution in [2.24, 2.45) is 11.7 Å². The summed E-state index contributed by atoms with van der Waals surface area (Å²) in [6.07, 6.45) is 0. The minimum Gasteiger partial charge on any atom is -0.329 e. The van der Waals surface area contributed by atoms with Gasteiger partial charge in [0.05, 0.1) is 0 Å². The Balaban J connectivity index is 2.18. The van der Waals surface area contributed by atoms with E-state index in [0.29, 0.717) is 24.5 Å². The molecule has 1 aromatic rings. The normalized spacial score (nSPS) is 26.0. The number of likely N-dealkylation sites (tertiary alicyclic amines) is 1. The lowest BCUT2D eigenvalue weighted by Crippen LogP contribution is -2.36. The Morgan fingerprint density at radius 1 is 1.32 bits per heavy atom. The second-order valence-corrected chi connectivity index (χ2v) is 6.07. The quantitative estimate of drug-likeness (QED) is 0.898. The first kappa shape index (κ1) is 14.5. The van der Waals surface area contributed by atoms with Crippen molar-refractivity contribution < 1.29 is 0 Å². The molecule has 1 saturated heterocycles. The largest absolute Gasteiger partial charge is 0.329 e. The summed E-state index contributed by atoms with van der Waals surface area (Å²) in [5.74, 6) is 0.702. The minimum absolute atomic E-state index is 0.355. The van der Waals surface area contributed by atoms with E-state index in [0.717, 1.165) is 13.1 Å². The van der Waals surface area contributed by atoms with Gasteiger partial charge in [-0.2, -0.15) is 0 Å². The lowest BCUT2D eigenvalue weighted by molar-refractivity contribution is 0.219. The Hall–Kier alpha value is -0.900. The molecule has 0 aliphatic carbocycles. The van der Waals surface area contributed by atoms with E-state index in [9.17, 15) is 0 Å². The lowest BCUT2D eigenvalue weighted by atomic mass is 10.0. The molecule has 1 aliphatic rings. The zero-order chi connectivity index (χ0) is 14.0. The van der Waals surface area contributed by atoms with Crippen LogP contribution < -0.4 is 5.73 Å². The average Bonchev–Trinajstić information content (AvgIpc) is 2.75. The van der Waals surface area contributed by atoms with Crippen molar-refractivity contribution >= 4 is 0 Å². The van der Waals surface area contributed by atoms with Crippen LogP contribution in [-0.4, -0.2) is 49.6 Å². The Morgan fingerprint density at radius 2 is 2.00 bits per heavy atom. The van der Waals surface area contributed by atoms with Gasteiger partial charge in [0.2, 0.25) is 0 Å². The number of nitrogens with two attached hydrogens (primary N) is 1. The highest BCUT2D eigenvalue weighted by Gasteiger charge is 2.34. The van der Waals surface area contributed by atoms with Crippen molar-refractivity contribution in [2.75, 3.05) is 33.7 Å². The Kier molecular flexibility index (Phi) is 4.61. The van der Waals surface area contributed by atoms with Crippen molar-refractivity contribution in [3.63, 3.8) is 0 Å². The van der Waals surface area contributed by atoms with Gasteiger partial charge in [0, 0.05) is 31.7 Å². The molecule has 3 heteroatoms. The molecule has 0 bridgehead atoms. The molecule has 2 N–H and O–H groups in total. The van der Waals surface area contributed by atoms with Gasteiger partial charge in [-0.25, -0.2) is 0 Å². The fraction of sp³-hybridized carbons (Fsp3) is 0.625. The Labute approximate surface area is 117 Å². The van der Waals surface area contributed by atoms with Gasteiger partial charge in [-0.15, -0.1) is 0 Å². The van der Waals surface area contributed by atoms with Crippen molar-refractivity contribution in [3.05, 3.63) is 35.4 Å². The summed E-state index contributed by atoms with van der Waals surface area (Å²) >= 11 is 0. The van der Waals surface area contributed by atoms with Crippen LogP contribution in [0.5, 0.6) is 0 Å². The molecule has 3 nitrogen and oxygen atoms in total.